The third kappa shape index (κ3) is 7.20. The molecule has 3 rings (SSSR count). The van der Waals surface area contributed by atoms with Gasteiger partial charge in [0.2, 0.25) is 5.91 Å². The van der Waals surface area contributed by atoms with Crippen molar-refractivity contribution in [2.75, 3.05) is 11.9 Å². The van der Waals surface area contributed by atoms with Gasteiger partial charge in [0.25, 0.3) is 5.91 Å². The summed E-state index contributed by atoms with van der Waals surface area (Å²) in [6.45, 7) is 8.98. The highest BCUT2D eigenvalue weighted by molar-refractivity contribution is 5.97. The number of hydrogen-bond acceptors (Lipinski definition) is 3. The second kappa shape index (κ2) is 11.5. The number of carbonyl (C=O) groups is 2. The van der Waals surface area contributed by atoms with Crippen molar-refractivity contribution in [2.24, 2.45) is 5.41 Å². The summed E-state index contributed by atoms with van der Waals surface area (Å²) >= 11 is 0. The fourth-order valence-corrected chi connectivity index (χ4v) is 3.56. The summed E-state index contributed by atoms with van der Waals surface area (Å²) in [6.07, 6.45) is 1.47. The first-order chi connectivity index (χ1) is 16.2. The molecule has 0 spiro atoms. The van der Waals surface area contributed by atoms with Gasteiger partial charge in [-0.05, 0) is 73.7 Å². The Morgan fingerprint density at radius 2 is 1.62 bits per heavy atom. The van der Waals surface area contributed by atoms with Gasteiger partial charge >= 0.3 is 0 Å². The quantitative estimate of drug-likeness (QED) is 0.363. The molecular formula is C29H34N2O3. The predicted molar refractivity (Wildman–Crippen MR) is 137 cm³/mol. The van der Waals surface area contributed by atoms with Gasteiger partial charge in [0.05, 0.1) is 6.61 Å². The number of aryl methyl sites for hydroxylation is 2. The monoisotopic (exact) mass is 458 g/mol. The molecule has 0 heterocycles. The molecule has 0 aliphatic carbocycles. The average Bonchev–Trinajstić information content (AvgIpc) is 2.83. The molecule has 0 saturated carbocycles. The minimum Gasteiger partial charge on any atom is -0.493 e. The summed E-state index contributed by atoms with van der Waals surface area (Å²) in [5.41, 5.74) is 4.00. The van der Waals surface area contributed by atoms with Crippen LogP contribution in [0.1, 0.15) is 53.7 Å². The zero-order valence-corrected chi connectivity index (χ0v) is 20.5. The third-order valence-corrected chi connectivity index (χ3v) is 5.86. The zero-order chi connectivity index (χ0) is 24.6. The summed E-state index contributed by atoms with van der Waals surface area (Å²) in [6, 6.07) is 22.9. The van der Waals surface area contributed by atoms with Crippen LogP contribution in [-0.4, -0.2) is 18.4 Å². The van der Waals surface area contributed by atoms with Crippen LogP contribution in [0.3, 0.4) is 0 Å². The molecule has 0 aromatic heterocycles. The number of amides is 2. The van der Waals surface area contributed by atoms with Gasteiger partial charge in [-0.2, -0.15) is 0 Å². The van der Waals surface area contributed by atoms with Crippen LogP contribution >= 0.6 is 0 Å². The topological polar surface area (TPSA) is 67.4 Å². The van der Waals surface area contributed by atoms with Crippen molar-refractivity contribution >= 4 is 17.5 Å². The second-order valence-corrected chi connectivity index (χ2v) is 9.30. The van der Waals surface area contributed by atoms with E-state index in [0.717, 1.165) is 23.3 Å². The van der Waals surface area contributed by atoms with Crippen molar-refractivity contribution < 1.29 is 14.3 Å². The standard InChI is InChI=1S/C29H34N2O3/c1-21-11-12-22(2)26(19-21)34-18-8-17-29(3,4)28(33)31-25-15-13-24(14-16-25)27(32)30-20-23-9-6-5-7-10-23/h5-7,9-16,19H,8,17-18,20H2,1-4H3,(H,30,32)(H,31,33). The van der Waals surface area contributed by atoms with Crippen molar-refractivity contribution in [1.29, 1.82) is 0 Å². The van der Waals surface area contributed by atoms with Crippen LogP contribution in [0.2, 0.25) is 0 Å². The van der Waals surface area contributed by atoms with Gasteiger partial charge in [0, 0.05) is 23.2 Å². The SMILES string of the molecule is Cc1ccc(C)c(OCCCC(C)(C)C(=O)Nc2ccc(C(=O)NCc3ccccc3)cc2)c1. The molecule has 3 aromatic rings. The Bertz CT molecular complexity index is 1110. The molecule has 34 heavy (non-hydrogen) atoms. The Morgan fingerprint density at radius 1 is 0.912 bits per heavy atom. The number of ether oxygens (including phenoxy) is 1. The molecule has 5 nitrogen and oxygen atoms in total. The number of hydrogen-bond donors (Lipinski definition) is 2. The van der Waals surface area contributed by atoms with E-state index in [1.54, 1.807) is 24.3 Å². The molecule has 2 N–H and O–H groups in total. The van der Waals surface area contributed by atoms with Gasteiger partial charge in [0.1, 0.15) is 5.75 Å². The molecule has 0 radical (unpaired) electrons. The average molecular weight is 459 g/mol. The Hall–Kier alpha value is -3.60. The van der Waals surface area contributed by atoms with Crippen molar-refractivity contribution in [2.45, 2.75) is 47.1 Å². The van der Waals surface area contributed by atoms with E-state index in [0.29, 0.717) is 30.8 Å². The van der Waals surface area contributed by atoms with Gasteiger partial charge in [0.15, 0.2) is 0 Å². The van der Waals surface area contributed by atoms with Crippen LogP contribution in [0, 0.1) is 19.3 Å². The van der Waals surface area contributed by atoms with Crippen molar-refractivity contribution in [1.82, 2.24) is 5.32 Å². The Kier molecular flexibility index (Phi) is 8.47. The highest BCUT2D eigenvalue weighted by Gasteiger charge is 2.27. The number of benzene rings is 3. The molecule has 0 aliphatic rings. The van der Waals surface area contributed by atoms with E-state index in [4.69, 9.17) is 4.74 Å². The lowest BCUT2D eigenvalue weighted by Crippen LogP contribution is -2.31. The van der Waals surface area contributed by atoms with E-state index < -0.39 is 5.41 Å². The minimum atomic E-state index is -0.545. The molecule has 0 unspecified atom stereocenters. The van der Waals surface area contributed by atoms with Crippen molar-refractivity contribution in [3.63, 3.8) is 0 Å². The van der Waals surface area contributed by atoms with E-state index in [1.807, 2.05) is 64.1 Å². The second-order valence-electron chi connectivity index (χ2n) is 9.30. The number of carbonyl (C=O) groups excluding carboxylic acids is 2. The Morgan fingerprint density at radius 3 is 2.32 bits per heavy atom. The van der Waals surface area contributed by atoms with Crippen LogP contribution in [-0.2, 0) is 11.3 Å². The summed E-state index contributed by atoms with van der Waals surface area (Å²) in [7, 11) is 0. The lowest BCUT2D eigenvalue weighted by atomic mass is 9.87. The normalized spacial score (nSPS) is 11.1. The predicted octanol–water partition coefficient (Wildman–Crippen LogP) is 6.06. The van der Waals surface area contributed by atoms with Gasteiger partial charge in [-0.25, -0.2) is 0 Å². The van der Waals surface area contributed by atoms with Gasteiger partial charge in [-0.3, -0.25) is 9.59 Å². The molecule has 0 fully saturated rings. The lowest BCUT2D eigenvalue weighted by molar-refractivity contribution is -0.124. The van der Waals surface area contributed by atoms with E-state index >= 15 is 0 Å². The maximum atomic E-state index is 12.8. The Balaban J connectivity index is 1.46. The first-order valence-corrected chi connectivity index (χ1v) is 11.7. The van der Waals surface area contributed by atoms with Gasteiger partial charge in [-0.1, -0.05) is 56.3 Å². The van der Waals surface area contributed by atoms with Crippen molar-refractivity contribution in [3.8, 4) is 5.75 Å². The summed E-state index contributed by atoms with van der Waals surface area (Å²) < 4.78 is 5.93. The highest BCUT2D eigenvalue weighted by Crippen LogP contribution is 2.26. The van der Waals surface area contributed by atoms with Crippen LogP contribution in [0.5, 0.6) is 5.75 Å². The maximum absolute atomic E-state index is 12.8. The molecule has 0 aliphatic heterocycles. The molecule has 0 saturated heterocycles. The number of rotatable bonds is 10. The van der Waals surface area contributed by atoms with Crippen LogP contribution in [0.15, 0.2) is 72.8 Å². The van der Waals surface area contributed by atoms with E-state index in [9.17, 15) is 9.59 Å². The number of nitrogens with one attached hydrogen (secondary N) is 2. The molecule has 5 heteroatoms. The third-order valence-electron chi connectivity index (χ3n) is 5.86. The molecular weight excluding hydrogens is 424 g/mol. The van der Waals surface area contributed by atoms with E-state index in [1.165, 1.54) is 5.56 Å². The fourth-order valence-electron chi connectivity index (χ4n) is 3.56. The van der Waals surface area contributed by atoms with Gasteiger partial charge < -0.3 is 15.4 Å². The van der Waals surface area contributed by atoms with Gasteiger partial charge in [-0.15, -0.1) is 0 Å². The first-order valence-electron chi connectivity index (χ1n) is 11.7. The maximum Gasteiger partial charge on any atom is 0.251 e. The fraction of sp³-hybridized carbons (Fsp3) is 0.310. The van der Waals surface area contributed by atoms with E-state index in [-0.39, 0.29) is 11.8 Å². The zero-order valence-electron chi connectivity index (χ0n) is 20.5. The molecule has 2 amide bonds. The molecule has 0 bridgehead atoms. The molecule has 178 valence electrons. The summed E-state index contributed by atoms with van der Waals surface area (Å²) in [5.74, 6) is 0.696. The smallest absolute Gasteiger partial charge is 0.251 e. The summed E-state index contributed by atoms with van der Waals surface area (Å²) in [4.78, 5) is 25.2. The minimum absolute atomic E-state index is 0.0551. The Labute approximate surface area is 202 Å². The lowest BCUT2D eigenvalue weighted by Gasteiger charge is -2.23. The number of anilines is 1. The van der Waals surface area contributed by atoms with E-state index in [2.05, 4.69) is 22.8 Å². The molecule has 0 atom stereocenters. The molecule has 3 aromatic carbocycles. The van der Waals surface area contributed by atoms with Crippen LogP contribution in [0.25, 0.3) is 0 Å². The summed E-state index contributed by atoms with van der Waals surface area (Å²) in [5, 5.41) is 5.88. The van der Waals surface area contributed by atoms with Crippen LogP contribution in [0.4, 0.5) is 5.69 Å². The van der Waals surface area contributed by atoms with Crippen LogP contribution < -0.4 is 15.4 Å². The highest BCUT2D eigenvalue weighted by atomic mass is 16.5. The van der Waals surface area contributed by atoms with Crippen molar-refractivity contribution in [3.05, 3.63) is 95.1 Å². The largest absolute Gasteiger partial charge is 0.493 e. The first kappa shape index (κ1) is 25.0.